The summed E-state index contributed by atoms with van der Waals surface area (Å²) in [6.07, 6.45) is 2.74. The Kier molecular flexibility index (Phi) is 3.35. The number of hydrogen-bond donors (Lipinski definition) is 0. The van der Waals surface area contributed by atoms with Crippen LogP contribution in [0.2, 0.25) is 0 Å². The topological polar surface area (TPSA) is 44.1 Å². The Morgan fingerprint density at radius 3 is 2.59 bits per heavy atom. The fourth-order valence-corrected chi connectivity index (χ4v) is 1.73. The molecule has 2 rings (SSSR count). The molecule has 1 unspecified atom stereocenters. The summed E-state index contributed by atoms with van der Waals surface area (Å²) in [5.74, 6) is 0.676. The summed E-state index contributed by atoms with van der Waals surface area (Å²) in [6, 6.07) is 9.10. The predicted molar refractivity (Wildman–Crippen MR) is 63.8 cm³/mol. The lowest BCUT2D eigenvalue weighted by Gasteiger charge is -2.17. The molecule has 0 saturated carbocycles. The number of rotatable bonds is 4. The van der Waals surface area contributed by atoms with E-state index < -0.39 is 6.23 Å². The average molecular weight is 230 g/mol. The second-order valence-corrected chi connectivity index (χ2v) is 3.70. The van der Waals surface area contributed by atoms with Crippen molar-refractivity contribution in [1.82, 2.24) is 9.55 Å². The van der Waals surface area contributed by atoms with Crippen molar-refractivity contribution in [3.8, 4) is 0 Å². The van der Waals surface area contributed by atoms with Gasteiger partial charge in [-0.3, -0.25) is 4.79 Å². The van der Waals surface area contributed by atoms with E-state index in [-0.39, 0.29) is 5.78 Å². The third-order valence-corrected chi connectivity index (χ3v) is 2.62. The first-order chi connectivity index (χ1) is 8.24. The monoisotopic (exact) mass is 230 g/mol. The van der Waals surface area contributed by atoms with Crippen LogP contribution in [0.15, 0.2) is 42.7 Å². The van der Waals surface area contributed by atoms with Gasteiger partial charge in [-0.05, 0) is 6.92 Å². The van der Waals surface area contributed by atoms with Gasteiger partial charge in [0.15, 0.2) is 6.23 Å². The van der Waals surface area contributed by atoms with E-state index in [1.807, 2.05) is 25.1 Å². The first-order valence-electron chi connectivity index (χ1n) is 5.35. The molecular formula is C13H14N2O2. The molecule has 1 atom stereocenters. The number of aryl methyl sites for hydroxylation is 1. The second kappa shape index (κ2) is 4.93. The molecule has 0 bridgehead atoms. The average Bonchev–Trinajstić information content (AvgIpc) is 2.78. The van der Waals surface area contributed by atoms with Gasteiger partial charge in [-0.1, -0.05) is 30.3 Å². The Bertz CT molecular complexity index is 505. The Labute approximate surface area is 99.9 Å². The third-order valence-electron chi connectivity index (χ3n) is 2.62. The summed E-state index contributed by atoms with van der Waals surface area (Å²) in [5.41, 5.74) is 0.632. The molecule has 0 aliphatic heterocycles. The van der Waals surface area contributed by atoms with Crippen LogP contribution in [0.25, 0.3) is 0 Å². The van der Waals surface area contributed by atoms with Crippen molar-refractivity contribution >= 4 is 5.78 Å². The SMILES string of the molecule is COC(C(=O)c1ccccc1)n1ccnc1C. The highest BCUT2D eigenvalue weighted by molar-refractivity contribution is 5.98. The Morgan fingerprint density at radius 2 is 2.06 bits per heavy atom. The number of methoxy groups -OCH3 is 1. The Balaban J connectivity index is 2.32. The zero-order valence-electron chi connectivity index (χ0n) is 9.83. The van der Waals surface area contributed by atoms with Crippen LogP contribution in [0.4, 0.5) is 0 Å². The molecule has 2 aromatic rings. The Hall–Kier alpha value is -1.94. The molecule has 0 radical (unpaired) electrons. The maximum atomic E-state index is 12.3. The number of carbonyl (C=O) groups is 1. The van der Waals surface area contributed by atoms with E-state index in [0.29, 0.717) is 5.56 Å². The van der Waals surface area contributed by atoms with Gasteiger partial charge in [-0.15, -0.1) is 0 Å². The number of imidazole rings is 1. The van der Waals surface area contributed by atoms with Crippen LogP contribution in [0.5, 0.6) is 0 Å². The molecule has 88 valence electrons. The van der Waals surface area contributed by atoms with Gasteiger partial charge in [-0.2, -0.15) is 0 Å². The third kappa shape index (κ3) is 2.26. The molecule has 0 spiro atoms. The van der Waals surface area contributed by atoms with Crippen molar-refractivity contribution in [2.45, 2.75) is 13.2 Å². The van der Waals surface area contributed by atoms with Gasteiger partial charge >= 0.3 is 0 Å². The molecule has 4 heteroatoms. The molecule has 0 fully saturated rings. The number of ether oxygens (including phenoxy) is 1. The Morgan fingerprint density at radius 1 is 1.35 bits per heavy atom. The lowest BCUT2D eigenvalue weighted by atomic mass is 10.1. The number of aromatic nitrogens is 2. The number of benzene rings is 1. The van der Waals surface area contributed by atoms with Gasteiger partial charge in [0.25, 0.3) is 0 Å². The number of ketones is 1. The first-order valence-corrected chi connectivity index (χ1v) is 5.35. The molecule has 4 nitrogen and oxygen atoms in total. The minimum absolute atomic E-state index is 0.0748. The maximum absolute atomic E-state index is 12.3. The van der Waals surface area contributed by atoms with Crippen molar-refractivity contribution in [2.24, 2.45) is 0 Å². The summed E-state index contributed by atoms with van der Waals surface area (Å²) < 4.78 is 6.98. The largest absolute Gasteiger partial charge is 0.354 e. The number of Topliss-reactive ketones (excluding diaryl/α,β-unsaturated/α-hetero) is 1. The van der Waals surface area contributed by atoms with Crippen LogP contribution in [-0.2, 0) is 4.74 Å². The van der Waals surface area contributed by atoms with Crippen LogP contribution in [-0.4, -0.2) is 22.4 Å². The van der Waals surface area contributed by atoms with Gasteiger partial charge in [-0.25, -0.2) is 4.98 Å². The van der Waals surface area contributed by atoms with Crippen molar-refractivity contribution in [3.05, 3.63) is 54.1 Å². The van der Waals surface area contributed by atoms with Gasteiger partial charge in [0.1, 0.15) is 5.82 Å². The van der Waals surface area contributed by atoms with E-state index >= 15 is 0 Å². The number of hydrogen-bond acceptors (Lipinski definition) is 3. The summed E-state index contributed by atoms with van der Waals surface area (Å²) in [5, 5.41) is 0. The van der Waals surface area contributed by atoms with Crippen molar-refractivity contribution in [2.75, 3.05) is 7.11 Å². The molecule has 0 saturated heterocycles. The predicted octanol–water partition coefficient (Wildman–Crippen LogP) is 2.22. The lowest BCUT2D eigenvalue weighted by Crippen LogP contribution is -2.22. The number of carbonyl (C=O) groups excluding carboxylic acids is 1. The first kappa shape index (κ1) is 11.5. The molecule has 1 aromatic heterocycles. The summed E-state index contributed by atoms with van der Waals surface area (Å²) >= 11 is 0. The van der Waals surface area contributed by atoms with E-state index in [4.69, 9.17) is 4.74 Å². The fraction of sp³-hybridized carbons (Fsp3) is 0.231. The minimum Gasteiger partial charge on any atom is -0.354 e. The molecule has 0 amide bonds. The van der Waals surface area contributed by atoms with E-state index in [2.05, 4.69) is 4.98 Å². The van der Waals surface area contributed by atoms with Crippen LogP contribution in [0, 0.1) is 6.92 Å². The molecular weight excluding hydrogens is 216 g/mol. The van der Waals surface area contributed by atoms with Crippen LogP contribution in [0.3, 0.4) is 0 Å². The van der Waals surface area contributed by atoms with E-state index in [9.17, 15) is 4.79 Å². The van der Waals surface area contributed by atoms with E-state index in [0.717, 1.165) is 5.82 Å². The van der Waals surface area contributed by atoms with Crippen molar-refractivity contribution in [1.29, 1.82) is 0 Å². The second-order valence-electron chi connectivity index (χ2n) is 3.70. The lowest BCUT2D eigenvalue weighted by molar-refractivity contribution is 0.0340. The van der Waals surface area contributed by atoms with Gasteiger partial charge in [0.05, 0.1) is 0 Å². The molecule has 17 heavy (non-hydrogen) atoms. The highest BCUT2D eigenvalue weighted by Crippen LogP contribution is 2.16. The molecule has 0 aliphatic carbocycles. The standard InChI is InChI=1S/C13H14N2O2/c1-10-14-8-9-15(10)13(17-2)12(16)11-6-4-3-5-7-11/h3-9,13H,1-2H3. The van der Waals surface area contributed by atoms with Gasteiger partial charge in [0.2, 0.25) is 5.78 Å². The normalized spacial score (nSPS) is 12.4. The summed E-state index contributed by atoms with van der Waals surface area (Å²) in [7, 11) is 1.52. The molecule has 1 heterocycles. The zero-order valence-corrected chi connectivity index (χ0v) is 9.83. The smallest absolute Gasteiger partial charge is 0.212 e. The van der Waals surface area contributed by atoms with Gasteiger partial charge in [0, 0.05) is 25.1 Å². The maximum Gasteiger partial charge on any atom is 0.212 e. The van der Waals surface area contributed by atoms with E-state index in [1.165, 1.54) is 7.11 Å². The van der Waals surface area contributed by atoms with Crippen LogP contribution < -0.4 is 0 Å². The van der Waals surface area contributed by atoms with Crippen LogP contribution >= 0.6 is 0 Å². The highest BCUT2D eigenvalue weighted by atomic mass is 16.5. The van der Waals surface area contributed by atoms with Crippen LogP contribution in [0.1, 0.15) is 22.4 Å². The summed E-state index contributed by atoms with van der Waals surface area (Å²) in [6.45, 7) is 1.84. The quantitative estimate of drug-likeness (QED) is 0.756. The molecule has 1 aromatic carbocycles. The number of nitrogens with zero attached hydrogens (tertiary/aromatic N) is 2. The zero-order chi connectivity index (χ0) is 12.3. The summed E-state index contributed by atoms with van der Waals surface area (Å²) in [4.78, 5) is 16.3. The van der Waals surface area contributed by atoms with Gasteiger partial charge < -0.3 is 9.30 Å². The highest BCUT2D eigenvalue weighted by Gasteiger charge is 2.22. The van der Waals surface area contributed by atoms with E-state index in [1.54, 1.807) is 29.1 Å². The minimum atomic E-state index is -0.653. The molecule has 0 aliphatic rings. The molecule has 0 N–H and O–H groups in total. The van der Waals surface area contributed by atoms with Crippen molar-refractivity contribution in [3.63, 3.8) is 0 Å². The van der Waals surface area contributed by atoms with Crippen molar-refractivity contribution < 1.29 is 9.53 Å². The fourth-order valence-electron chi connectivity index (χ4n) is 1.73.